The second-order valence-corrected chi connectivity index (χ2v) is 4.13. The molecule has 1 fully saturated rings. The first kappa shape index (κ1) is 11.2. The van der Waals surface area contributed by atoms with Crippen LogP contribution in [0.5, 0.6) is 0 Å². The summed E-state index contributed by atoms with van der Waals surface area (Å²) < 4.78 is 0. The van der Waals surface area contributed by atoms with E-state index in [1.807, 2.05) is 14.8 Å². The predicted molar refractivity (Wildman–Crippen MR) is 56.8 cm³/mol. The summed E-state index contributed by atoms with van der Waals surface area (Å²) in [6, 6.07) is -0.428. The van der Waals surface area contributed by atoms with Gasteiger partial charge in [0.1, 0.15) is 13.6 Å². The van der Waals surface area contributed by atoms with Crippen LogP contribution >= 0.6 is 0 Å². The minimum absolute atomic E-state index is 0.0208. The van der Waals surface area contributed by atoms with Gasteiger partial charge in [0.05, 0.1) is 6.04 Å². The molecule has 1 unspecified atom stereocenters. The first-order valence-electron chi connectivity index (χ1n) is 5.08. The lowest BCUT2D eigenvalue weighted by Crippen LogP contribution is -2.48. The van der Waals surface area contributed by atoms with Crippen LogP contribution in [0.15, 0.2) is 0 Å². The first-order valence-corrected chi connectivity index (χ1v) is 5.08. The molecule has 5 heteroatoms. The van der Waals surface area contributed by atoms with Gasteiger partial charge in [-0.2, -0.15) is 0 Å². The lowest BCUT2D eigenvalue weighted by molar-refractivity contribution is -0.135. The molecular formula is C9H17BN2O2. The SMILES string of the molecule is BC(C)[C@@H](N)C(=O)N1CCC(=O)CC1. The quantitative estimate of drug-likeness (QED) is 0.573. The molecule has 2 atom stereocenters. The molecule has 1 heterocycles. The molecule has 78 valence electrons. The second-order valence-electron chi connectivity index (χ2n) is 4.13. The average molecular weight is 196 g/mol. The van der Waals surface area contributed by atoms with Crippen LogP contribution in [0.2, 0.25) is 5.82 Å². The number of ketones is 1. The fraction of sp³-hybridized carbons (Fsp3) is 0.778. The molecule has 0 radical (unpaired) electrons. The summed E-state index contributed by atoms with van der Waals surface area (Å²) in [4.78, 5) is 24.4. The van der Waals surface area contributed by atoms with E-state index in [-0.39, 0.29) is 17.5 Å². The van der Waals surface area contributed by atoms with Gasteiger partial charge in [-0.15, -0.1) is 0 Å². The molecule has 1 saturated heterocycles. The average Bonchev–Trinajstić information content (AvgIpc) is 2.16. The fourth-order valence-electron chi connectivity index (χ4n) is 1.47. The summed E-state index contributed by atoms with van der Waals surface area (Å²) in [5, 5.41) is 0. The van der Waals surface area contributed by atoms with E-state index in [4.69, 9.17) is 5.73 Å². The largest absolute Gasteiger partial charge is 0.340 e. The topological polar surface area (TPSA) is 63.4 Å². The number of nitrogens with zero attached hydrogens (tertiary/aromatic N) is 1. The molecule has 2 N–H and O–H groups in total. The Labute approximate surface area is 85.2 Å². The lowest BCUT2D eigenvalue weighted by Gasteiger charge is -2.29. The van der Waals surface area contributed by atoms with E-state index in [9.17, 15) is 9.59 Å². The van der Waals surface area contributed by atoms with Crippen molar-refractivity contribution in [1.29, 1.82) is 0 Å². The van der Waals surface area contributed by atoms with Gasteiger partial charge in [0.2, 0.25) is 5.91 Å². The van der Waals surface area contributed by atoms with E-state index >= 15 is 0 Å². The maximum absolute atomic E-state index is 11.7. The van der Waals surface area contributed by atoms with E-state index in [1.165, 1.54) is 0 Å². The molecule has 0 aromatic carbocycles. The zero-order valence-corrected chi connectivity index (χ0v) is 8.82. The van der Waals surface area contributed by atoms with Gasteiger partial charge in [-0.05, 0) is 5.82 Å². The minimum Gasteiger partial charge on any atom is -0.340 e. The van der Waals surface area contributed by atoms with Gasteiger partial charge in [0.15, 0.2) is 0 Å². The first-order chi connectivity index (χ1) is 6.52. The van der Waals surface area contributed by atoms with Gasteiger partial charge >= 0.3 is 0 Å². The van der Waals surface area contributed by atoms with Crippen LogP contribution in [0, 0.1) is 0 Å². The van der Waals surface area contributed by atoms with Crippen molar-refractivity contribution in [2.24, 2.45) is 5.73 Å². The van der Waals surface area contributed by atoms with Crippen LogP contribution in [-0.4, -0.2) is 43.6 Å². The van der Waals surface area contributed by atoms with Crippen LogP contribution < -0.4 is 5.73 Å². The van der Waals surface area contributed by atoms with Gasteiger partial charge in [0.25, 0.3) is 0 Å². The maximum Gasteiger partial charge on any atom is 0.239 e. The van der Waals surface area contributed by atoms with Crippen molar-refractivity contribution in [2.75, 3.05) is 13.1 Å². The molecule has 1 aliphatic heterocycles. The van der Waals surface area contributed by atoms with Gasteiger partial charge in [0, 0.05) is 25.9 Å². The van der Waals surface area contributed by atoms with Gasteiger partial charge in [-0.25, -0.2) is 0 Å². The number of likely N-dealkylation sites (tertiary alicyclic amines) is 1. The molecule has 0 spiro atoms. The Bertz CT molecular complexity index is 233. The monoisotopic (exact) mass is 196 g/mol. The number of carbonyl (C=O) groups excluding carboxylic acids is 2. The van der Waals surface area contributed by atoms with Crippen LogP contribution in [0.4, 0.5) is 0 Å². The third-order valence-corrected chi connectivity index (χ3v) is 2.64. The molecule has 1 rings (SSSR count). The highest BCUT2D eigenvalue weighted by Crippen LogP contribution is 2.11. The minimum atomic E-state index is -0.428. The molecule has 0 saturated carbocycles. The summed E-state index contributed by atoms with van der Waals surface area (Å²) >= 11 is 0. The zero-order chi connectivity index (χ0) is 10.7. The van der Waals surface area contributed by atoms with E-state index in [1.54, 1.807) is 4.90 Å². The number of nitrogens with two attached hydrogens (primary N) is 1. The van der Waals surface area contributed by atoms with Crippen molar-refractivity contribution in [3.05, 3.63) is 0 Å². The third-order valence-electron chi connectivity index (χ3n) is 2.64. The summed E-state index contributed by atoms with van der Waals surface area (Å²) in [5.74, 6) is 0.375. The van der Waals surface area contributed by atoms with E-state index < -0.39 is 6.04 Å². The third kappa shape index (κ3) is 2.58. The highest BCUT2D eigenvalue weighted by Gasteiger charge is 2.26. The lowest BCUT2D eigenvalue weighted by atomic mass is 9.82. The Morgan fingerprint density at radius 3 is 2.43 bits per heavy atom. The molecule has 14 heavy (non-hydrogen) atoms. The smallest absolute Gasteiger partial charge is 0.239 e. The Morgan fingerprint density at radius 2 is 2.00 bits per heavy atom. The number of amides is 1. The Morgan fingerprint density at radius 1 is 1.50 bits per heavy atom. The van der Waals surface area contributed by atoms with Crippen molar-refractivity contribution in [3.8, 4) is 0 Å². The number of carbonyl (C=O) groups is 2. The molecule has 0 aliphatic carbocycles. The highest BCUT2D eigenvalue weighted by molar-refractivity contribution is 6.14. The Hall–Kier alpha value is -0.835. The summed E-state index contributed by atoms with van der Waals surface area (Å²) in [6.07, 6.45) is 0.965. The summed E-state index contributed by atoms with van der Waals surface area (Å²) in [6.45, 7) is 3.01. The molecule has 4 nitrogen and oxygen atoms in total. The van der Waals surface area contributed by atoms with Crippen LogP contribution in [0.3, 0.4) is 0 Å². The van der Waals surface area contributed by atoms with E-state index in [0.717, 1.165) is 0 Å². The number of hydrogen-bond donors (Lipinski definition) is 1. The molecule has 0 aromatic rings. The molecular weight excluding hydrogens is 179 g/mol. The van der Waals surface area contributed by atoms with E-state index in [2.05, 4.69) is 0 Å². The van der Waals surface area contributed by atoms with E-state index in [0.29, 0.717) is 25.9 Å². The summed E-state index contributed by atoms with van der Waals surface area (Å²) in [7, 11) is 1.93. The second kappa shape index (κ2) is 4.60. The van der Waals surface area contributed by atoms with Crippen molar-refractivity contribution in [2.45, 2.75) is 31.6 Å². The number of piperidine rings is 1. The zero-order valence-electron chi connectivity index (χ0n) is 8.82. The van der Waals surface area contributed by atoms with Crippen LogP contribution in [-0.2, 0) is 9.59 Å². The molecule has 1 aliphatic rings. The maximum atomic E-state index is 11.7. The van der Waals surface area contributed by atoms with Crippen molar-refractivity contribution >= 4 is 19.5 Å². The van der Waals surface area contributed by atoms with Crippen molar-refractivity contribution in [1.82, 2.24) is 4.90 Å². The normalized spacial score (nSPS) is 21.9. The molecule has 0 aromatic heterocycles. The Balaban J connectivity index is 2.49. The van der Waals surface area contributed by atoms with Crippen molar-refractivity contribution < 1.29 is 9.59 Å². The van der Waals surface area contributed by atoms with Gasteiger partial charge in [-0.3, -0.25) is 9.59 Å². The van der Waals surface area contributed by atoms with Gasteiger partial charge in [-0.1, -0.05) is 6.92 Å². The highest BCUT2D eigenvalue weighted by atomic mass is 16.2. The van der Waals surface area contributed by atoms with Crippen LogP contribution in [0.1, 0.15) is 19.8 Å². The van der Waals surface area contributed by atoms with Crippen molar-refractivity contribution in [3.63, 3.8) is 0 Å². The standard InChI is InChI=1S/C9H17BN2O2/c1-6(10)8(11)9(14)12-4-2-7(13)3-5-12/h6,8H,2-5,10-11H2,1H3/t6?,8-/m1/s1. The number of Topliss-reactive ketones (excluding diaryl/α,β-unsaturated/α-hetero) is 1. The molecule has 0 bridgehead atoms. The summed E-state index contributed by atoms with van der Waals surface area (Å²) in [5.41, 5.74) is 5.75. The predicted octanol–water partition coefficient (Wildman–Crippen LogP) is -1.05. The van der Waals surface area contributed by atoms with Crippen LogP contribution in [0.25, 0.3) is 0 Å². The number of hydrogen-bond acceptors (Lipinski definition) is 3. The van der Waals surface area contributed by atoms with Gasteiger partial charge < -0.3 is 10.6 Å². The fourth-order valence-corrected chi connectivity index (χ4v) is 1.47. The number of rotatable bonds is 2. The Kier molecular flexibility index (Phi) is 3.69. The molecule has 1 amide bonds.